The Kier molecular flexibility index (Phi) is 5.45. The Morgan fingerprint density at radius 2 is 1.72 bits per heavy atom. The Labute approximate surface area is 150 Å². The lowest BCUT2D eigenvalue weighted by molar-refractivity contribution is -0.123. The molecule has 0 spiro atoms. The molecule has 0 aliphatic rings. The number of rotatable bonds is 6. The first-order valence-electron chi connectivity index (χ1n) is 7.77. The van der Waals surface area contributed by atoms with E-state index in [1.54, 1.807) is 23.5 Å². The summed E-state index contributed by atoms with van der Waals surface area (Å²) < 4.78 is 5.51. The lowest BCUT2D eigenvalue weighted by atomic mass is 10.0. The van der Waals surface area contributed by atoms with E-state index < -0.39 is 0 Å². The van der Waals surface area contributed by atoms with Gasteiger partial charge in [0.05, 0.1) is 18.2 Å². The quantitative estimate of drug-likeness (QED) is 0.733. The summed E-state index contributed by atoms with van der Waals surface area (Å²) in [6.45, 7) is 0.513. The van der Waals surface area contributed by atoms with Gasteiger partial charge in [0.1, 0.15) is 5.75 Å². The molecule has 0 atom stereocenters. The van der Waals surface area contributed by atoms with Crippen molar-refractivity contribution in [3.8, 4) is 22.9 Å². The van der Waals surface area contributed by atoms with Crippen LogP contribution < -0.4 is 10.1 Å². The van der Waals surface area contributed by atoms with Gasteiger partial charge in [-0.15, -0.1) is 11.3 Å². The highest BCUT2D eigenvalue weighted by Gasteiger charge is 2.04. The van der Waals surface area contributed by atoms with Crippen LogP contribution in [0.15, 0.2) is 66.0 Å². The smallest absolute Gasteiger partial charge is 0.258 e. The second-order valence-corrected chi connectivity index (χ2v) is 6.39. The third-order valence-corrected chi connectivity index (χ3v) is 4.49. The van der Waals surface area contributed by atoms with E-state index in [1.807, 2.05) is 53.9 Å². The highest BCUT2D eigenvalue weighted by Crippen LogP contribution is 2.22. The molecular formula is C20H16N2O2S. The predicted octanol–water partition coefficient (Wildman–Crippen LogP) is 3.98. The summed E-state index contributed by atoms with van der Waals surface area (Å²) in [5, 5.41) is 13.6. The van der Waals surface area contributed by atoms with Crippen molar-refractivity contribution in [1.82, 2.24) is 5.32 Å². The van der Waals surface area contributed by atoms with Gasteiger partial charge in [0.15, 0.2) is 6.61 Å². The molecule has 3 rings (SSSR count). The molecule has 0 radical (unpaired) electrons. The first-order chi connectivity index (χ1) is 12.2. The fourth-order valence-corrected chi connectivity index (χ4v) is 2.92. The van der Waals surface area contributed by atoms with Crippen LogP contribution in [0.1, 0.15) is 10.4 Å². The van der Waals surface area contributed by atoms with Crippen molar-refractivity contribution in [2.24, 2.45) is 0 Å². The number of hydrogen-bond acceptors (Lipinski definition) is 4. The van der Waals surface area contributed by atoms with Crippen LogP contribution in [0, 0.1) is 11.3 Å². The summed E-state index contributed by atoms with van der Waals surface area (Å²) >= 11 is 1.61. The number of nitrogens with one attached hydrogen (secondary N) is 1. The second kappa shape index (κ2) is 8.13. The summed E-state index contributed by atoms with van der Waals surface area (Å²) in [4.78, 5) is 12.9. The van der Waals surface area contributed by atoms with E-state index >= 15 is 0 Å². The second-order valence-electron chi connectivity index (χ2n) is 5.36. The molecule has 4 nitrogen and oxygen atoms in total. The van der Waals surface area contributed by atoms with Crippen LogP contribution >= 0.6 is 11.3 Å². The maximum atomic E-state index is 11.8. The molecule has 0 aliphatic carbocycles. The van der Waals surface area contributed by atoms with Gasteiger partial charge in [-0.3, -0.25) is 4.79 Å². The van der Waals surface area contributed by atoms with E-state index in [4.69, 9.17) is 10.00 Å². The maximum absolute atomic E-state index is 11.8. The summed E-state index contributed by atoms with van der Waals surface area (Å²) in [6, 6.07) is 21.0. The number of carbonyl (C=O) groups excluding carboxylic acids is 1. The van der Waals surface area contributed by atoms with Crippen molar-refractivity contribution in [1.29, 1.82) is 5.26 Å². The Bertz CT molecular complexity index is 864. The third-order valence-electron chi connectivity index (χ3n) is 3.61. The first kappa shape index (κ1) is 16.7. The number of thiophene rings is 1. The number of ether oxygens (including phenoxy) is 1. The van der Waals surface area contributed by atoms with Gasteiger partial charge < -0.3 is 10.1 Å². The van der Waals surface area contributed by atoms with Crippen LogP contribution in [-0.2, 0) is 11.3 Å². The van der Waals surface area contributed by atoms with Crippen LogP contribution in [0.3, 0.4) is 0 Å². The Morgan fingerprint density at radius 1 is 1.04 bits per heavy atom. The summed E-state index contributed by atoms with van der Waals surface area (Å²) in [5.74, 6) is 0.494. The molecule has 5 heteroatoms. The van der Waals surface area contributed by atoms with Gasteiger partial charge in [-0.1, -0.05) is 30.3 Å². The molecule has 0 aliphatic heterocycles. The van der Waals surface area contributed by atoms with Crippen LogP contribution in [-0.4, -0.2) is 12.5 Å². The van der Waals surface area contributed by atoms with Crippen molar-refractivity contribution < 1.29 is 9.53 Å². The van der Waals surface area contributed by atoms with Crippen LogP contribution in [0.25, 0.3) is 11.1 Å². The molecule has 1 aromatic heterocycles. The zero-order chi connectivity index (χ0) is 17.5. The minimum Gasteiger partial charge on any atom is -0.484 e. The van der Waals surface area contributed by atoms with Gasteiger partial charge in [-0.2, -0.15) is 5.26 Å². The molecule has 0 saturated carbocycles. The van der Waals surface area contributed by atoms with E-state index in [0.717, 1.165) is 16.0 Å². The summed E-state index contributed by atoms with van der Waals surface area (Å²) in [6.07, 6.45) is 0. The van der Waals surface area contributed by atoms with Gasteiger partial charge >= 0.3 is 0 Å². The van der Waals surface area contributed by atoms with Gasteiger partial charge in [-0.05, 0) is 46.8 Å². The largest absolute Gasteiger partial charge is 0.484 e. The molecule has 0 saturated heterocycles. The maximum Gasteiger partial charge on any atom is 0.258 e. The van der Waals surface area contributed by atoms with Crippen molar-refractivity contribution in [3.63, 3.8) is 0 Å². The minimum absolute atomic E-state index is 0.0123. The molecule has 0 unspecified atom stereocenters. The number of nitrogens with zero attached hydrogens (tertiary/aromatic N) is 1. The molecule has 0 fully saturated rings. The average Bonchev–Trinajstić information content (AvgIpc) is 3.19. The van der Waals surface area contributed by atoms with Crippen LogP contribution in [0.5, 0.6) is 5.75 Å². The lowest BCUT2D eigenvalue weighted by Crippen LogP contribution is -2.28. The summed E-state index contributed by atoms with van der Waals surface area (Å²) in [5.41, 5.74) is 2.69. The monoisotopic (exact) mass is 348 g/mol. The van der Waals surface area contributed by atoms with Crippen LogP contribution in [0.2, 0.25) is 0 Å². The fraction of sp³-hybridized carbons (Fsp3) is 0.100. The van der Waals surface area contributed by atoms with Crippen molar-refractivity contribution in [3.05, 3.63) is 76.5 Å². The minimum atomic E-state index is -0.149. The van der Waals surface area contributed by atoms with E-state index in [2.05, 4.69) is 11.4 Å². The molecule has 1 amide bonds. The Balaban J connectivity index is 1.51. The number of nitriles is 1. The van der Waals surface area contributed by atoms with E-state index in [0.29, 0.717) is 17.9 Å². The molecule has 1 N–H and O–H groups in total. The average molecular weight is 348 g/mol. The predicted molar refractivity (Wildman–Crippen MR) is 98.3 cm³/mol. The van der Waals surface area contributed by atoms with Crippen molar-refractivity contribution in [2.45, 2.75) is 6.54 Å². The molecular weight excluding hydrogens is 332 g/mol. The van der Waals surface area contributed by atoms with Crippen LogP contribution in [0.4, 0.5) is 0 Å². The molecule has 3 aromatic rings. The topological polar surface area (TPSA) is 62.1 Å². The van der Waals surface area contributed by atoms with Gasteiger partial charge in [-0.25, -0.2) is 0 Å². The third kappa shape index (κ3) is 4.69. The normalized spacial score (nSPS) is 10.0. The lowest BCUT2D eigenvalue weighted by Gasteiger charge is -2.08. The van der Waals surface area contributed by atoms with E-state index in [-0.39, 0.29) is 12.5 Å². The Hall–Kier alpha value is -3.10. The molecule has 0 bridgehead atoms. The summed E-state index contributed by atoms with van der Waals surface area (Å²) in [7, 11) is 0. The molecule has 1 heterocycles. The number of carbonyl (C=O) groups is 1. The molecule has 124 valence electrons. The van der Waals surface area contributed by atoms with Gasteiger partial charge in [0.25, 0.3) is 5.91 Å². The first-order valence-corrected chi connectivity index (χ1v) is 8.65. The molecule has 2 aromatic carbocycles. The SMILES string of the molecule is N#Cc1ccc(-c2ccc(OCC(=O)NCc3cccs3)cc2)cc1. The fourth-order valence-electron chi connectivity index (χ4n) is 2.28. The van der Waals surface area contributed by atoms with Gasteiger partial charge in [0.2, 0.25) is 0 Å². The van der Waals surface area contributed by atoms with Crippen molar-refractivity contribution in [2.75, 3.05) is 6.61 Å². The van der Waals surface area contributed by atoms with Crippen molar-refractivity contribution >= 4 is 17.2 Å². The highest BCUT2D eigenvalue weighted by atomic mass is 32.1. The number of hydrogen-bond donors (Lipinski definition) is 1. The zero-order valence-corrected chi connectivity index (χ0v) is 14.3. The molecule has 25 heavy (non-hydrogen) atoms. The van der Waals surface area contributed by atoms with E-state index in [1.165, 1.54) is 0 Å². The zero-order valence-electron chi connectivity index (χ0n) is 13.4. The number of amides is 1. The number of benzene rings is 2. The highest BCUT2D eigenvalue weighted by molar-refractivity contribution is 7.09. The standard InChI is InChI=1S/C20H16N2O2S/c21-12-15-3-5-16(6-4-15)17-7-9-18(10-8-17)24-14-20(23)22-13-19-2-1-11-25-19/h1-11H,13-14H2,(H,22,23). The Morgan fingerprint density at radius 3 is 2.32 bits per heavy atom. The van der Waals surface area contributed by atoms with E-state index in [9.17, 15) is 4.79 Å². The van der Waals surface area contributed by atoms with Gasteiger partial charge in [0, 0.05) is 4.88 Å².